The van der Waals surface area contributed by atoms with Crippen molar-refractivity contribution in [2.75, 3.05) is 32.7 Å². The molecule has 1 aliphatic rings. The van der Waals surface area contributed by atoms with E-state index in [9.17, 15) is 4.79 Å². The van der Waals surface area contributed by atoms with Crippen molar-refractivity contribution in [3.63, 3.8) is 0 Å². The van der Waals surface area contributed by atoms with Crippen LogP contribution in [0.15, 0.2) is 42.5 Å². The van der Waals surface area contributed by atoms with Crippen LogP contribution in [0, 0.1) is 6.92 Å². The standard InChI is InChI=1S/C21H29N3OS/c1-18-9-10-20(26-18)17-24(16-19-7-3-2-4-8-19)21(25)15-22-11-14-23-12-5-6-13-23/h2-4,7-10,22H,5-6,11-17H2,1H3/p+2. The lowest BCUT2D eigenvalue weighted by Crippen LogP contribution is -3.13. The number of likely N-dealkylation sites (tertiary alicyclic amines) is 1. The van der Waals surface area contributed by atoms with E-state index in [1.54, 1.807) is 16.2 Å². The molecule has 1 aromatic carbocycles. The summed E-state index contributed by atoms with van der Waals surface area (Å²) in [6.45, 7) is 8.88. The van der Waals surface area contributed by atoms with Gasteiger partial charge in [-0.15, -0.1) is 11.3 Å². The van der Waals surface area contributed by atoms with Crippen molar-refractivity contribution in [2.45, 2.75) is 32.9 Å². The normalized spacial score (nSPS) is 14.7. The fourth-order valence-corrected chi connectivity index (χ4v) is 4.49. The van der Waals surface area contributed by atoms with E-state index in [1.165, 1.54) is 47.8 Å². The number of nitrogens with two attached hydrogens (primary N) is 1. The van der Waals surface area contributed by atoms with Gasteiger partial charge >= 0.3 is 0 Å². The van der Waals surface area contributed by atoms with Crippen LogP contribution in [0.5, 0.6) is 0 Å². The zero-order valence-electron chi connectivity index (χ0n) is 15.7. The molecule has 1 fully saturated rings. The molecule has 0 saturated carbocycles. The minimum absolute atomic E-state index is 0.233. The number of hydrogen-bond donors (Lipinski definition) is 2. The molecule has 1 aliphatic heterocycles. The van der Waals surface area contributed by atoms with Crippen molar-refractivity contribution in [3.05, 3.63) is 57.8 Å². The third kappa shape index (κ3) is 5.94. The molecule has 0 aliphatic carbocycles. The van der Waals surface area contributed by atoms with E-state index in [0.29, 0.717) is 19.6 Å². The Bertz CT molecular complexity index is 680. The number of aryl methyl sites for hydroxylation is 1. The average molecular weight is 374 g/mol. The van der Waals surface area contributed by atoms with Crippen LogP contribution in [0.4, 0.5) is 0 Å². The molecule has 1 amide bonds. The maximum Gasteiger partial charge on any atom is 0.278 e. The van der Waals surface area contributed by atoms with Gasteiger partial charge in [-0.1, -0.05) is 30.3 Å². The molecule has 1 saturated heterocycles. The van der Waals surface area contributed by atoms with Gasteiger partial charge in [-0.05, 0) is 24.6 Å². The SMILES string of the molecule is Cc1ccc(CN(Cc2ccccc2)C(=O)C[NH2+]CC[NH+]2CCCC2)s1. The van der Waals surface area contributed by atoms with Crippen LogP contribution < -0.4 is 10.2 Å². The molecule has 140 valence electrons. The number of thiophene rings is 1. The Morgan fingerprint density at radius 1 is 1.12 bits per heavy atom. The summed E-state index contributed by atoms with van der Waals surface area (Å²) in [5, 5.41) is 2.19. The van der Waals surface area contributed by atoms with Gasteiger partial charge < -0.3 is 15.1 Å². The molecular formula is C21H31N3OS+2. The molecule has 2 aromatic rings. The second-order valence-corrected chi connectivity index (χ2v) is 8.61. The number of carbonyl (C=O) groups is 1. The van der Waals surface area contributed by atoms with Gasteiger partial charge in [0.2, 0.25) is 0 Å². The van der Waals surface area contributed by atoms with Gasteiger partial charge in [-0.25, -0.2) is 0 Å². The van der Waals surface area contributed by atoms with E-state index in [-0.39, 0.29) is 5.91 Å². The zero-order valence-corrected chi connectivity index (χ0v) is 16.6. The fourth-order valence-electron chi connectivity index (χ4n) is 3.58. The first-order valence-corrected chi connectivity index (χ1v) is 10.5. The lowest BCUT2D eigenvalue weighted by atomic mass is 10.2. The molecule has 26 heavy (non-hydrogen) atoms. The maximum absolute atomic E-state index is 12.8. The molecule has 5 heteroatoms. The van der Waals surface area contributed by atoms with E-state index in [1.807, 2.05) is 23.1 Å². The second kappa shape index (κ2) is 9.86. The molecule has 0 bridgehead atoms. The van der Waals surface area contributed by atoms with Gasteiger partial charge in [0, 0.05) is 29.1 Å². The first kappa shape index (κ1) is 19.1. The summed E-state index contributed by atoms with van der Waals surface area (Å²) in [5.41, 5.74) is 1.19. The Hall–Kier alpha value is -1.69. The topological polar surface area (TPSA) is 41.4 Å². The summed E-state index contributed by atoms with van der Waals surface area (Å²) in [6.07, 6.45) is 2.72. The number of carbonyl (C=O) groups excluding carboxylic acids is 1. The summed E-state index contributed by atoms with van der Waals surface area (Å²) in [7, 11) is 0. The molecule has 3 N–H and O–H groups in total. The summed E-state index contributed by atoms with van der Waals surface area (Å²) < 4.78 is 0. The van der Waals surface area contributed by atoms with E-state index < -0.39 is 0 Å². The Labute approximate surface area is 160 Å². The largest absolute Gasteiger partial charge is 0.334 e. The van der Waals surface area contributed by atoms with Crippen LogP contribution in [0.25, 0.3) is 0 Å². The van der Waals surface area contributed by atoms with E-state index >= 15 is 0 Å². The van der Waals surface area contributed by atoms with Crippen molar-refractivity contribution in [1.82, 2.24) is 4.90 Å². The highest BCUT2D eigenvalue weighted by Gasteiger charge is 2.19. The van der Waals surface area contributed by atoms with Crippen LogP contribution in [0.3, 0.4) is 0 Å². The summed E-state index contributed by atoms with van der Waals surface area (Å²) in [6, 6.07) is 14.6. The maximum atomic E-state index is 12.8. The number of quaternary nitrogens is 2. The number of nitrogens with one attached hydrogen (secondary N) is 1. The first-order chi connectivity index (χ1) is 12.7. The van der Waals surface area contributed by atoms with Crippen molar-refractivity contribution in [3.8, 4) is 0 Å². The van der Waals surface area contributed by atoms with E-state index in [2.05, 4.69) is 36.5 Å². The molecule has 2 heterocycles. The second-order valence-electron chi connectivity index (χ2n) is 7.24. The molecule has 1 aromatic heterocycles. The third-order valence-corrected chi connectivity index (χ3v) is 6.03. The molecule has 0 unspecified atom stereocenters. The summed E-state index contributed by atoms with van der Waals surface area (Å²) in [4.78, 5) is 19.1. The predicted molar refractivity (Wildman–Crippen MR) is 106 cm³/mol. The molecule has 0 radical (unpaired) electrons. The van der Waals surface area contributed by atoms with Crippen molar-refractivity contribution < 1.29 is 15.0 Å². The minimum Gasteiger partial charge on any atom is -0.334 e. The molecule has 0 atom stereocenters. The number of nitrogens with zero attached hydrogens (tertiary/aromatic N) is 1. The quantitative estimate of drug-likeness (QED) is 0.628. The highest BCUT2D eigenvalue weighted by atomic mass is 32.1. The Kier molecular flexibility index (Phi) is 7.23. The Balaban J connectivity index is 1.53. The zero-order chi connectivity index (χ0) is 18.2. The van der Waals surface area contributed by atoms with Crippen LogP contribution in [-0.2, 0) is 17.9 Å². The van der Waals surface area contributed by atoms with Gasteiger partial charge in [0.05, 0.1) is 19.6 Å². The highest BCUT2D eigenvalue weighted by molar-refractivity contribution is 7.11. The minimum atomic E-state index is 0.233. The lowest BCUT2D eigenvalue weighted by molar-refractivity contribution is -0.900. The van der Waals surface area contributed by atoms with E-state index in [4.69, 9.17) is 0 Å². The number of rotatable bonds is 9. The van der Waals surface area contributed by atoms with Gasteiger partial charge in [0.1, 0.15) is 13.1 Å². The smallest absolute Gasteiger partial charge is 0.278 e. The summed E-state index contributed by atoms with van der Waals surface area (Å²) in [5.74, 6) is 0.233. The van der Waals surface area contributed by atoms with E-state index in [0.717, 1.165) is 6.54 Å². The van der Waals surface area contributed by atoms with Gasteiger partial charge in [0.15, 0.2) is 6.54 Å². The van der Waals surface area contributed by atoms with Crippen LogP contribution >= 0.6 is 11.3 Å². The highest BCUT2D eigenvalue weighted by Crippen LogP contribution is 2.18. The molecular weight excluding hydrogens is 342 g/mol. The van der Waals surface area contributed by atoms with Crippen LogP contribution in [0.1, 0.15) is 28.2 Å². The van der Waals surface area contributed by atoms with Crippen molar-refractivity contribution in [2.24, 2.45) is 0 Å². The Morgan fingerprint density at radius 2 is 1.88 bits per heavy atom. The molecule has 0 spiro atoms. The Morgan fingerprint density at radius 3 is 2.58 bits per heavy atom. The lowest BCUT2D eigenvalue weighted by Gasteiger charge is -2.22. The first-order valence-electron chi connectivity index (χ1n) is 9.73. The number of hydrogen-bond acceptors (Lipinski definition) is 2. The number of amides is 1. The van der Waals surface area contributed by atoms with Gasteiger partial charge in [-0.3, -0.25) is 4.79 Å². The van der Waals surface area contributed by atoms with Crippen LogP contribution in [0.2, 0.25) is 0 Å². The van der Waals surface area contributed by atoms with Gasteiger partial charge in [0.25, 0.3) is 5.91 Å². The van der Waals surface area contributed by atoms with Crippen molar-refractivity contribution >= 4 is 17.2 Å². The third-order valence-electron chi connectivity index (χ3n) is 5.04. The number of benzene rings is 1. The predicted octanol–water partition coefficient (Wildman–Crippen LogP) is 0.827. The molecule has 4 nitrogen and oxygen atoms in total. The average Bonchev–Trinajstić information content (AvgIpc) is 3.30. The molecule has 3 rings (SSSR count). The monoisotopic (exact) mass is 373 g/mol. The van der Waals surface area contributed by atoms with Gasteiger partial charge in [-0.2, -0.15) is 0 Å². The fraction of sp³-hybridized carbons (Fsp3) is 0.476. The van der Waals surface area contributed by atoms with Crippen LogP contribution in [-0.4, -0.2) is 43.5 Å². The van der Waals surface area contributed by atoms with Crippen molar-refractivity contribution in [1.29, 1.82) is 0 Å². The summed E-state index contributed by atoms with van der Waals surface area (Å²) >= 11 is 1.78.